The molecular weight excluding hydrogens is 235 g/mol. The minimum absolute atomic E-state index is 0.189. The van der Waals surface area contributed by atoms with Crippen molar-refractivity contribution in [3.63, 3.8) is 0 Å². The minimum Gasteiger partial charge on any atom is -0.310 e. The van der Waals surface area contributed by atoms with E-state index in [4.69, 9.17) is 0 Å². The summed E-state index contributed by atoms with van der Waals surface area (Å²) in [6.45, 7) is 2.67. The van der Waals surface area contributed by atoms with E-state index < -0.39 is 10.7 Å². The van der Waals surface area contributed by atoms with Crippen LogP contribution in [0.4, 0.5) is 10.1 Å². The lowest BCUT2D eigenvalue weighted by atomic mass is 10.1. The Labute approximate surface area is 105 Å². The quantitative estimate of drug-likeness (QED) is 0.662. The molecule has 1 saturated carbocycles. The lowest BCUT2D eigenvalue weighted by Gasteiger charge is -2.17. The van der Waals surface area contributed by atoms with Crippen LogP contribution in [0.1, 0.15) is 31.7 Å². The van der Waals surface area contributed by atoms with E-state index in [2.05, 4.69) is 12.2 Å². The smallest absolute Gasteiger partial charge is 0.272 e. The third-order valence-electron chi connectivity index (χ3n) is 3.58. The number of halogens is 1. The highest BCUT2D eigenvalue weighted by Gasteiger charge is 2.22. The maximum Gasteiger partial charge on any atom is 0.272 e. The zero-order chi connectivity index (χ0) is 13.1. The van der Waals surface area contributed by atoms with Crippen LogP contribution in [0.25, 0.3) is 0 Å². The van der Waals surface area contributed by atoms with E-state index in [0.717, 1.165) is 12.5 Å². The van der Waals surface area contributed by atoms with Gasteiger partial charge < -0.3 is 5.32 Å². The average Bonchev–Trinajstić information content (AvgIpc) is 2.71. The predicted molar refractivity (Wildman–Crippen MR) is 66.7 cm³/mol. The molecule has 0 heterocycles. The molecule has 1 N–H and O–H groups in total. The summed E-state index contributed by atoms with van der Waals surface area (Å²) in [5, 5.41) is 14.0. The van der Waals surface area contributed by atoms with E-state index in [-0.39, 0.29) is 5.69 Å². The molecule has 5 heteroatoms. The summed E-state index contributed by atoms with van der Waals surface area (Å²) >= 11 is 0. The summed E-state index contributed by atoms with van der Waals surface area (Å²) in [5.41, 5.74) is 0.437. The largest absolute Gasteiger partial charge is 0.310 e. The van der Waals surface area contributed by atoms with Crippen LogP contribution in [0.2, 0.25) is 0 Å². The Kier molecular flexibility index (Phi) is 3.91. The van der Waals surface area contributed by atoms with Crippen molar-refractivity contribution in [2.45, 2.75) is 38.8 Å². The van der Waals surface area contributed by atoms with Crippen LogP contribution in [0.3, 0.4) is 0 Å². The first kappa shape index (κ1) is 13.0. The van der Waals surface area contributed by atoms with E-state index in [0.29, 0.717) is 24.1 Å². The summed E-state index contributed by atoms with van der Waals surface area (Å²) in [7, 11) is 0. The Morgan fingerprint density at radius 3 is 2.83 bits per heavy atom. The molecule has 0 aliphatic heterocycles. The molecule has 0 amide bonds. The molecule has 98 valence electrons. The molecule has 18 heavy (non-hydrogen) atoms. The number of benzene rings is 1. The number of nitrogens with zero attached hydrogens (tertiary/aromatic N) is 1. The zero-order valence-corrected chi connectivity index (χ0v) is 10.4. The number of nitro benzene ring substituents is 1. The molecule has 1 aliphatic rings. The summed E-state index contributed by atoms with van der Waals surface area (Å²) in [6.07, 6.45) is 3.54. The van der Waals surface area contributed by atoms with Crippen LogP contribution in [0.15, 0.2) is 18.2 Å². The number of hydrogen-bond acceptors (Lipinski definition) is 3. The average molecular weight is 252 g/mol. The van der Waals surface area contributed by atoms with Gasteiger partial charge in [0.25, 0.3) is 5.69 Å². The monoisotopic (exact) mass is 252 g/mol. The van der Waals surface area contributed by atoms with Gasteiger partial charge in [0.2, 0.25) is 0 Å². The van der Waals surface area contributed by atoms with Crippen LogP contribution in [-0.2, 0) is 6.54 Å². The van der Waals surface area contributed by atoms with Crippen molar-refractivity contribution < 1.29 is 9.31 Å². The SMILES string of the molecule is CC1CCCC1NCc1cc(F)cc([N+](=O)[O-])c1. The van der Waals surface area contributed by atoms with Crippen molar-refractivity contribution in [3.8, 4) is 0 Å². The third kappa shape index (κ3) is 3.04. The maximum absolute atomic E-state index is 13.2. The van der Waals surface area contributed by atoms with Gasteiger partial charge in [-0.05, 0) is 30.4 Å². The third-order valence-corrected chi connectivity index (χ3v) is 3.58. The van der Waals surface area contributed by atoms with Crippen molar-refractivity contribution in [2.75, 3.05) is 0 Å². The molecule has 1 fully saturated rings. The van der Waals surface area contributed by atoms with Gasteiger partial charge in [-0.1, -0.05) is 13.3 Å². The van der Waals surface area contributed by atoms with E-state index in [1.54, 1.807) is 0 Å². The van der Waals surface area contributed by atoms with E-state index in [1.807, 2.05) is 0 Å². The van der Waals surface area contributed by atoms with Crippen LogP contribution in [0, 0.1) is 21.8 Å². The van der Waals surface area contributed by atoms with Gasteiger partial charge in [-0.25, -0.2) is 4.39 Å². The lowest BCUT2D eigenvalue weighted by Crippen LogP contribution is -2.30. The van der Waals surface area contributed by atoms with Crippen molar-refractivity contribution in [1.82, 2.24) is 5.32 Å². The van der Waals surface area contributed by atoms with Gasteiger partial charge in [0.05, 0.1) is 11.0 Å². The number of non-ortho nitro benzene ring substituents is 1. The van der Waals surface area contributed by atoms with Crippen LogP contribution >= 0.6 is 0 Å². The van der Waals surface area contributed by atoms with E-state index in [9.17, 15) is 14.5 Å². The fourth-order valence-electron chi connectivity index (χ4n) is 2.54. The standard InChI is InChI=1S/C13H17FN2O2/c1-9-3-2-4-13(9)15-8-10-5-11(14)7-12(6-10)16(17)18/h5-7,9,13,15H,2-4,8H2,1H3. The highest BCUT2D eigenvalue weighted by molar-refractivity contribution is 5.35. The second-order valence-electron chi connectivity index (χ2n) is 4.97. The molecule has 0 radical (unpaired) electrons. The van der Waals surface area contributed by atoms with Gasteiger partial charge in [0.1, 0.15) is 5.82 Å². The molecule has 0 spiro atoms. The Hall–Kier alpha value is -1.49. The van der Waals surface area contributed by atoms with Crippen LogP contribution in [-0.4, -0.2) is 11.0 Å². The highest BCUT2D eigenvalue weighted by Crippen LogP contribution is 2.25. The van der Waals surface area contributed by atoms with Gasteiger partial charge in [0, 0.05) is 18.7 Å². The van der Waals surface area contributed by atoms with Crippen molar-refractivity contribution in [1.29, 1.82) is 0 Å². The Morgan fingerprint density at radius 2 is 2.22 bits per heavy atom. The fourth-order valence-corrected chi connectivity index (χ4v) is 2.54. The molecule has 4 nitrogen and oxygen atoms in total. The van der Waals surface area contributed by atoms with Crippen LogP contribution < -0.4 is 5.32 Å². The predicted octanol–water partition coefficient (Wildman–Crippen LogP) is 3.01. The Morgan fingerprint density at radius 1 is 1.44 bits per heavy atom. The topological polar surface area (TPSA) is 55.2 Å². The summed E-state index contributed by atoms with van der Waals surface area (Å²) in [4.78, 5) is 10.1. The Balaban J connectivity index is 2.02. The van der Waals surface area contributed by atoms with Crippen molar-refractivity contribution in [3.05, 3.63) is 39.7 Å². The molecule has 0 aromatic heterocycles. The fraction of sp³-hybridized carbons (Fsp3) is 0.538. The molecular formula is C13H17FN2O2. The zero-order valence-electron chi connectivity index (χ0n) is 10.4. The summed E-state index contributed by atoms with van der Waals surface area (Å²) < 4.78 is 13.2. The van der Waals surface area contributed by atoms with E-state index >= 15 is 0 Å². The van der Waals surface area contributed by atoms with Crippen molar-refractivity contribution in [2.24, 2.45) is 5.92 Å². The van der Waals surface area contributed by atoms with Gasteiger partial charge >= 0.3 is 0 Å². The molecule has 1 aliphatic carbocycles. The molecule has 2 rings (SSSR count). The molecule has 2 atom stereocenters. The Bertz CT molecular complexity index is 451. The number of nitro groups is 1. The van der Waals surface area contributed by atoms with Crippen LogP contribution in [0.5, 0.6) is 0 Å². The molecule has 2 unspecified atom stereocenters. The van der Waals surface area contributed by atoms with Crippen molar-refractivity contribution >= 4 is 5.69 Å². The molecule has 1 aromatic carbocycles. The number of nitrogens with one attached hydrogen (secondary N) is 1. The van der Waals surface area contributed by atoms with Gasteiger partial charge in [0.15, 0.2) is 0 Å². The molecule has 1 aromatic rings. The van der Waals surface area contributed by atoms with Gasteiger partial charge in [-0.2, -0.15) is 0 Å². The van der Waals surface area contributed by atoms with Gasteiger partial charge in [-0.15, -0.1) is 0 Å². The van der Waals surface area contributed by atoms with E-state index in [1.165, 1.54) is 25.0 Å². The highest BCUT2D eigenvalue weighted by atomic mass is 19.1. The number of hydrogen-bond donors (Lipinski definition) is 1. The normalized spacial score (nSPS) is 23.2. The second kappa shape index (κ2) is 5.44. The van der Waals surface area contributed by atoms with Gasteiger partial charge in [-0.3, -0.25) is 10.1 Å². The minimum atomic E-state index is -0.565. The number of rotatable bonds is 4. The molecule has 0 saturated heterocycles. The maximum atomic E-state index is 13.2. The second-order valence-corrected chi connectivity index (χ2v) is 4.97. The molecule has 0 bridgehead atoms. The first-order valence-corrected chi connectivity index (χ1v) is 6.23. The first-order chi connectivity index (χ1) is 8.56. The summed E-state index contributed by atoms with van der Waals surface area (Å²) in [5.74, 6) is 0.0639. The summed E-state index contributed by atoms with van der Waals surface area (Å²) in [6, 6.07) is 4.16. The first-order valence-electron chi connectivity index (χ1n) is 6.23. The lowest BCUT2D eigenvalue weighted by molar-refractivity contribution is -0.385.